The van der Waals surface area contributed by atoms with E-state index in [2.05, 4.69) is 4.90 Å². The van der Waals surface area contributed by atoms with E-state index in [0.717, 1.165) is 12.0 Å². The van der Waals surface area contributed by atoms with Gasteiger partial charge in [0.1, 0.15) is 9.84 Å². The van der Waals surface area contributed by atoms with E-state index < -0.39 is 15.9 Å². The number of hydrogen-bond acceptors (Lipinski definition) is 4. The molecule has 2 rings (SSSR count). The number of fused-ring (bicyclic) bond motifs is 1. The number of likely N-dealkylation sites (N-methyl/N-ethyl adjacent to an activating group) is 1. The molecule has 0 heterocycles. The maximum atomic E-state index is 11.1. The van der Waals surface area contributed by atoms with Crippen molar-refractivity contribution in [1.82, 2.24) is 4.90 Å². The predicted molar refractivity (Wildman–Crippen MR) is 75.9 cm³/mol. The summed E-state index contributed by atoms with van der Waals surface area (Å²) in [5, 5.41) is 10.3. The van der Waals surface area contributed by atoms with Crippen LogP contribution in [0, 0.1) is 0 Å². The van der Waals surface area contributed by atoms with Crippen molar-refractivity contribution in [2.24, 2.45) is 0 Å². The van der Waals surface area contributed by atoms with E-state index in [-0.39, 0.29) is 11.8 Å². The zero-order valence-electron chi connectivity index (χ0n) is 11.4. The van der Waals surface area contributed by atoms with Crippen LogP contribution in [0.3, 0.4) is 0 Å². The van der Waals surface area contributed by atoms with Crippen molar-refractivity contribution < 1.29 is 13.5 Å². The molecule has 1 N–H and O–H groups in total. The summed E-state index contributed by atoms with van der Waals surface area (Å²) < 4.78 is 22.2. The van der Waals surface area contributed by atoms with Crippen LogP contribution in [-0.4, -0.2) is 50.1 Å². The molecule has 0 bridgehead atoms. The van der Waals surface area contributed by atoms with Crippen LogP contribution in [-0.2, 0) is 16.3 Å². The first-order valence-electron chi connectivity index (χ1n) is 6.52. The van der Waals surface area contributed by atoms with Gasteiger partial charge in [-0.15, -0.1) is 0 Å². The summed E-state index contributed by atoms with van der Waals surface area (Å²) >= 11 is 0. The predicted octanol–water partition coefficient (Wildman–Crippen LogP) is 1.01. The van der Waals surface area contributed by atoms with Crippen molar-refractivity contribution in [2.45, 2.75) is 25.0 Å². The number of aliphatic hydroxyl groups excluding tert-OH is 1. The van der Waals surface area contributed by atoms with Gasteiger partial charge in [0.05, 0.1) is 11.9 Å². The van der Waals surface area contributed by atoms with Crippen molar-refractivity contribution in [3.05, 3.63) is 35.4 Å². The van der Waals surface area contributed by atoms with Gasteiger partial charge in [-0.05, 0) is 37.6 Å². The Morgan fingerprint density at radius 3 is 2.68 bits per heavy atom. The minimum atomic E-state index is -2.90. The lowest BCUT2D eigenvalue weighted by Crippen LogP contribution is -2.36. The van der Waals surface area contributed by atoms with Gasteiger partial charge in [-0.25, -0.2) is 8.42 Å². The smallest absolute Gasteiger partial charge is 0.147 e. The molecule has 1 aromatic rings. The van der Waals surface area contributed by atoms with Crippen LogP contribution in [0.25, 0.3) is 0 Å². The molecule has 1 aliphatic carbocycles. The van der Waals surface area contributed by atoms with E-state index in [0.29, 0.717) is 13.0 Å². The van der Waals surface area contributed by atoms with Crippen LogP contribution >= 0.6 is 0 Å². The SMILES string of the molecule is CN(CCCS(C)(=O)=O)C1Cc2ccccc2C1O. The van der Waals surface area contributed by atoms with Gasteiger partial charge in [0.25, 0.3) is 0 Å². The summed E-state index contributed by atoms with van der Waals surface area (Å²) in [6, 6.07) is 7.98. The van der Waals surface area contributed by atoms with Crippen LogP contribution in [0.15, 0.2) is 24.3 Å². The lowest BCUT2D eigenvalue weighted by Gasteiger charge is -2.27. The molecule has 106 valence electrons. The van der Waals surface area contributed by atoms with Gasteiger partial charge >= 0.3 is 0 Å². The number of sulfone groups is 1. The topological polar surface area (TPSA) is 57.6 Å². The quantitative estimate of drug-likeness (QED) is 0.876. The maximum Gasteiger partial charge on any atom is 0.147 e. The van der Waals surface area contributed by atoms with Gasteiger partial charge in [-0.1, -0.05) is 24.3 Å². The molecular formula is C14H21NO3S. The Bertz CT molecular complexity index is 541. The van der Waals surface area contributed by atoms with E-state index in [1.807, 2.05) is 31.3 Å². The number of nitrogens with zero attached hydrogens (tertiary/aromatic N) is 1. The van der Waals surface area contributed by atoms with Crippen molar-refractivity contribution in [2.75, 3.05) is 25.6 Å². The Labute approximate surface area is 115 Å². The molecule has 19 heavy (non-hydrogen) atoms. The average molecular weight is 283 g/mol. The van der Waals surface area contributed by atoms with Crippen LogP contribution in [0.4, 0.5) is 0 Å². The Balaban J connectivity index is 1.94. The van der Waals surface area contributed by atoms with Gasteiger partial charge in [0.2, 0.25) is 0 Å². The minimum Gasteiger partial charge on any atom is -0.387 e. The molecule has 0 saturated carbocycles. The molecule has 1 aromatic carbocycles. The highest BCUT2D eigenvalue weighted by Crippen LogP contribution is 2.33. The second kappa shape index (κ2) is 5.61. The van der Waals surface area contributed by atoms with Crippen LogP contribution in [0.2, 0.25) is 0 Å². The first-order chi connectivity index (χ1) is 8.88. The third-order valence-electron chi connectivity index (χ3n) is 3.76. The largest absolute Gasteiger partial charge is 0.387 e. The van der Waals surface area contributed by atoms with Crippen molar-refractivity contribution in [3.8, 4) is 0 Å². The van der Waals surface area contributed by atoms with Crippen LogP contribution < -0.4 is 0 Å². The highest BCUT2D eigenvalue weighted by molar-refractivity contribution is 7.90. The summed E-state index contributed by atoms with van der Waals surface area (Å²) in [6.07, 6.45) is 2.22. The standard InChI is InChI=1S/C14H21NO3S/c1-15(8-5-9-19(2,17)18)13-10-11-6-3-4-7-12(11)14(13)16/h3-4,6-7,13-14,16H,5,8-10H2,1-2H3. The zero-order valence-corrected chi connectivity index (χ0v) is 12.2. The van der Waals surface area contributed by atoms with Crippen molar-refractivity contribution in [3.63, 3.8) is 0 Å². The summed E-state index contributed by atoms with van der Waals surface area (Å²) in [5.41, 5.74) is 2.19. The first-order valence-corrected chi connectivity index (χ1v) is 8.58. The number of hydrogen-bond donors (Lipinski definition) is 1. The second-order valence-electron chi connectivity index (χ2n) is 5.38. The fraction of sp³-hybridized carbons (Fsp3) is 0.571. The molecule has 4 nitrogen and oxygen atoms in total. The van der Waals surface area contributed by atoms with E-state index in [4.69, 9.17) is 0 Å². The average Bonchev–Trinajstić information content (AvgIpc) is 2.66. The summed E-state index contributed by atoms with van der Waals surface area (Å²) in [4.78, 5) is 2.07. The second-order valence-corrected chi connectivity index (χ2v) is 7.64. The zero-order chi connectivity index (χ0) is 14.0. The molecular weight excluding hydrogens is 262 g/mol. The van der Waals surface area contributed by atoms with E-state index >= 15 is 0 Å². The Hall–Kier alpha value is -0.910. The van der Waals surface area contributed by atoms with Gasteiger partial charge in [0, 0.05) is 12.3 Å². The van der Waals surface area contributed by atoms with Gasteiger partial charge in [-0.2, -0.15) is 0 Å². The van der Waals surface area contributed by atoms with Gasteiger partial charge in [0.15, 0.2) is 0 Å². The third-order valence-corrected chi connectivity index (χ3v) is 4.79. The van der Waals surface area contributed by atoms with Crippen LogP contribution in [0.5, 0.6) is 0 Å². The fourth-order valence-electron chi connectivity index (χ4n) is 2.69. The molecule has 0 aliphatic heterocycles. The molecule has 0 spiro atoms. The van der Waals surface area contributed by atoms with E-state index in [9.17, 15) is 13.5 Å². The molecule has 2 unspecified atom stereocenters. The van der Waals surface area contributed by atoms with Crippen molar-refractivity contribution >= 4 is 9.84 Å². The number of benzene rings is 1. The number of aliphatic hydroxyl groups is 1. The summed E-state index contributed by atoms with van der Waals surface area (Å²) in [5.74, 6) is 0.201. The van der Waals surface area contributed by atoms with Gasteiger partial charge in [-0.3, -0.25) is 0 Å². The molecule has 5 heteroatoms. The lowest BCUT2D eigenvalue weighted by atomic mass is 10.1. The monoisotopic (exact) mass is 283 g/mol. The minimum absolute atomic E-state index is 0.0527. The first kappa shape index (κ1) is 14.5. The lowest BCUT2D eigenvalue weighted by molar-refractivity contribution is 0.0763. The Kier molecular flexibility index (Phi) is 4.28. The molecule has 0 radical (unpaired) electrons. The Morgan fingerprint density at radius 2 is 2.05 bits per heavy atom. The molecule has 0 amide bonds. The molecule has 1 aliphatic rings. The molecule has 0 aromatic heterocycles. The maximum absolute atomic E-state index is 11.1. The highest BCUT2D eigenvalue weighted by atomic mass is 32.2. The Morgan fingerprint density at radius 1 is 1.37 bits per heavy atom. The summed E-state index contributed by atoms with van der Waals surface area (Å²) in [6.45, 7) is 0.683. The van der Waals surface area contributed by atoms with Crippen molar-refractivity contribution in [1.29, 1.82) is 0 Å². The van der Waals surface area contributed by atoms with E-state index in [1.165, 1.54) is 11.8 Å². The number of rotatable bonds is 5. The molecule has 0 fully saturated rings. The third kappa shape index (κ3) is 3.55. The highest BCUT2D eigenvalue weighted by Gasteiger charge is 2.32. The normalized spacial score (nSPS) is 22.7. The molecule has 2 atom stereocenters. The van der Waals surface area contributed by atoms with E-state index in [1.54, 1.807) is 0 Å². The van der Waals surface area contributed by atoms with Gasteiger partial charge < -0.3 is 10.0 Å². The fourth-order valence-corrected chi connectivity index (χ4v) is 3.35. The van der Waals surface area contributed by atoms with Crippen LogP contribution in [0.1, 0.15) is 23.7 Å². The molecule has 0 saturated heterocycles. The summed E-state index contributed by atoms with van der Waals surface area (Å²) in [7, 11) is -0.953.